The van der Waals surface area contributed by atoms with Crippen LogP contribution in [0.25, 0.3) is 10.4 Å². The van der Waals surface area contributed by atoms with Crippen LogP contribution in [0.5, 0.6) is 0 Å². The maximum Gasteiger partial charge on any atom is 0.266 e. The summed E-state index contributed by atoms with van der Waals surface area (Å²) in [6, 6.07) is 0. The summed E-state index contributed by atoms with van der Waals surface area (Å²) in [6.45, 7) is -0.279. The van der Waals surface area contributed by atoms with Crippen LogP contribution in [-0.2, 0) is 0 Å². The molecular formula is C3H3F2N3. The second kappa shape index (κ2) is 4.08. The Morgan fingerprint density at radius 1 is 1.75 bits per heavy atom. The number of azide groups is 1. The minimum atomic E-state index is -1.82. The zero-order chi connectivity index (χ0) is 6.41. The molecule has 0 aromatic carbocycles. The molecule has 0 aliphatic heterocycles. The number of hydrogen-bond acceptors (Lipinski definition) is 1. The molecule has 0 aliphatic rings. The van der Waals surface area contributed by atoms with Gasteiger partial charge in [0.2, 0.25) is 0 Å². The summed E-state index contributed by atoms with van der Waals surface area (Å²) in [7, 11) is 0. The fourth-order valence-corrected chi connectivity index (χ4v) is 0.146. The second-order valence-electron chi connectivity index (χ2n) is 0.907. The molecule has 3 nitrogen and oxygen atoms in total. The summed E-state index contributed by atoms with van der Waals surface area (Å²) < 4.78 is 22.1. The number of halogens is 2. The van der Waals surface area contributed by atoms with Gasteiger partial charge in [-0.05, 0) is 11.6 Å². The lowest BCUT2D eigenvalue weighted by molar-refractivity contribution is 0.419. The van der Waals surface area contributed by atoms with Crippen LogP contribution in [-0.4, -0.2) is 6.54 Å². The molecule has 0 N–H and O–H groups in total. The first-order valence-corrected chi connectivity index (χ1v) is 1.79. The molecule has 0 atom stereocenters. The topological polar surface area (TPSA) is 48.8 Å². The van der Waals surface area contributed by atoms with Gasteiger partial charge < -0.3 is 0 Å². The van der Waals surface area contributed by atoms with Gasteiger partial charge in [0.25, 0.3) is 6.08 Å². The van der Waals surface area contributed by atoms with E-state index in [2.05, 4.69) is 10.0 Å². The van der Waals surface area contributed by atoms with Crippen molar-refractivity contribution in [1.29, 1.82) is 0 Å². The SMILES string of the molecule is [N-]=[N+]=NCC=C(F)F. The largest absolute Gasteiger partial charge is 0.266 e. The van der Waals surface area contributed by atoms with Crippen molar-refractivity contribution in [2.24, 2.45) is 5.11 Å². The predicted molar refractivity (Wildman–Crippen MR) is 24.3 cm³/mol. The summed E-state index contributed by atoms with van der Waals surface area (Å²) in [5.74, 6) is 0. The molecule has 0 heterocycles. The molecule has 0 rings (SSSR count). The Labute approximate surface area is 44.2 Å². The Bertz CT molecular complexity index is 131. The minimum absolute atomic E-state index is 0.279. The summed E-state index contributed by atoms with van der Waals surface area (Å²) in [5, 5.41) is 2.84. The van der Waals surface area contributed by atoms with Gasteiger partial charge in [-0.25, -0.2) is 0 Å². The number of nitrogens with zero attached hydrogens (tertiary/aromatic N) is 3. The van der Waals surface area contributed by atoms with Crippen LogP contribution in [0.4, 0.5) is 8.78 Å². The fourth-order valence-electron chi connectivity index (χ4n) is 0.146. The van der Waals surface area contributed by atoms with E-state index in [0.717, 1.165) is 0 Å². The van der Waals surface area contributed by atoms with E-state index < -0.39 is 6.08 Å². The number of hydrogen-bond donors (Lipinski definition) is 0. The standard InChI is InChI=1S/C3H3F2N3/c4-3(5)1-2-7-8-6/h1H,2H2. The van der Waals surface area contributed by atoms with Crippen LogP contribution in [0.15, 0.2) is 17.3 Å². The summed E-state index contributed by atoms with van der Waals surface area (Å²) in [6.07, 6.45) is -1.28. The van der Waals surface area contributed by atoms with Crippen LogP contribution < -0.4 is 0 Å². The Hall–Kier alpha value is -1.09. The molecule has 0 fully saturated rings. The molecule has 0 bridgehead atoms. The highest BCUT2D eigenvalue weighted by Crippen LogP contribution is 1.94. The molecule has 44 valence electrons. The van der Waals surface area contributed by atoms with Crippen molar-refractivity contribution < 1.29 is 8.78 Å². The third-order valence-corrected chi connectivity index (χ3v) is 0.390. The van der Waals surface area contributed by atoms with Gasteiger partial charge in [0.15, 0.2) is 0 Å². The molecule has 0 unspecified atom stereocenters. The van der Waals surface area contributed by atoms with Gasteiger partial charge in [0.1, 0.15) is 0 Å². The summed E-state index contributed by atoms with van der Waals surface area (Å²) in [4.78, 5) is 2.25. The van der Waals surface area contributed by atoms with Gasteiger partial charge in [-0.1, -0.05) is 5.11 Å². The van der Waals surface area contributed by atoms with Gasteiger partial charge in [-0.2, -0.15) is 8.78 Å². The molecule has 0 aromatic rings. The van der Waals surface area contributed by atoms with Gasteiger partial charge in [-0.3, -0.25) is 0 Å². The summed E-state index contributed by atoms with van der Waals surface area (Å²) >= 11 is 0. The van der Waals surface area contributed by atoms with Crippen molar-refractivity contribution in [2.75, 3.05) is 6.54 Å². The third-order valence-electron chi connectivity index (χ3n) is 0.390. The normalized spacial score (nSPS) is 7.25. The Kier molecular flexibility index (Phi) is 3.52. The summed E-state index contributed by atoms with van der Waals surface area (Å²) in [5.41, 5.74) is 7.56. The minimum Gasteiger partial charge on any atom is -0.174 e. The first-order chi connectivity index (χ1) is 3.77. The van der Waals surface area contributed by atoms with Gasteiger partial charge in [0.05, 0.1) is 0 Å². The lowest BCUT2D eigenvalue weighted by Gasteiger charge is -1.72. The quantitative estimate of drug-likeness (QED) is 0.303. The van der Waals surface area contributed by atoms with E-state index in [1.807, 2.05) is 0 Å². The monoisotopic (exact) mass is 119 g/mol. The second-order valence-corrected chi connectivity index (χ2v) is 0.907. The molecular weight excluding hydrogens is 116 g/mol. The van der Waals surface area contributed by atoms with Gasteiger partial charge in [0, 0.05) is 11.5 Å². The Morgan fingerprint density at radius 3 is 2.75 bits per heavy atom. The van der Waals surface area contributed by atoms with Crippen LogP contribution in [0.2, 0.25) is 0 Å². The Balaban J connectivity index is 3.44. The van der Waals surface area contributed by atoms with Crippen molar-refractivity contribution in [1.82, 2.24) is 0 Å². The van der Waals surface area contributed by atoms with Gasteiger partial charge >= 0.3 is 0 Å². The molecule has 0 spiro atoms. The van der Waals surface area contributed by atoms with E-state index >= 15 is 0 Å². The van der Waals surface area contributed by atoms with Gasteiger partial charge in [-0.15, -0.1) is 0 Å². The highest BCUT2D eigenvalue weighted by atomic mass is 19.3. The highest BCUT2D eigenvalue weighted by molar-refractivity contribution is 4.82. The molecule has 0 saturated heterocycles. The average Bonchev–Trinajstić information content (AvgIpc) is 1.66. The first-order valence-electron chi connectivity index (χ1n) is 1.79. The van der Waals surface area contributed by atoms with Crippen LogP contribution in [0, 0.1) is 0 Å². The van der Waals surface area contributed by atoms with E-state index in [9.17, 15) is 8.78 Å². The van der Waals surface area contributed by atoms with E-state index in [1.165, 1.54) is 0 Å². The van der Waals surface area contributed by atoms with E-state index in [0.29, 0.717) is 6.08 Å². The van der Waals surface area contributed by atoms with Crippen molar-refractivity contribution >= 4 is 0 Å². The lowest BCUT2D eigenvalue weighted by atomic mass is 10.6. The van der Waals surface area contributed by atoms with E-state index in [-0.39, 0.29) is 6.54 Å². The molecule has 0 aliphatic carbocycles. The smallest absolute Gasteiger partial charge is 0.174 e. The zero-order valence-corrected chi connectivity index (χ0v) is 3.88. The first kappa shape index (κ1) is 6.91. The van der Waals surface area contributed by atoms with Crippen molar-refractivity contribution in [3.05, 3.63) is 22.6 Å². The van der Waals surface area contributed by atoms with Crippen LogP contribution in [0.3, 0.4) is 0 Å². The van der Waals surface area contributed by atoms with Crippen molar-refractivity contribution in [3.63, 3.8) is 0 Å². The molecule has 5 heteroatoms. The molecule has 0 amide bonds. The third kappa shape index (κ3) is 4.91. The molecule has 0 radical (unpaired) electrons. The maximum atomic E-state index is 11.0. The Morgan fingerprint density at radius 2 is 2.38 bits per heavy atom. The van der Waals surface area contributed by atoms with E-state index in [4.69, 9.17) is 5.53 Å². The molecule has 0 saturated carbocycles. The highest BCUT2D eigenvalue weighted by Gasteiger charge is 1.81. The number of rotatable bonds is 2. The molecule has 8 heavy (non-hydrogen) atoms. The maximum absolute atomic E-state index is 11.0. The van der Waals surface area contributed by atoms with Crippen molar-refractivity contribution in [2.45, 2.75) is 0 Å². The average molecular weight is 119 g/mol. The lowest BCUT2D eigenvalue weighted by Crippen LogP contribution is -1.66. The predicted octanol–water partition coefficient (Wildman–Crippen LogP) is 2.08. The molecule has 0 aromatic heterocycles. The van der Waals surface area contributed by atoms with Crippen LogP contribution in [0.1, 0.15) is 0 Å². The fraction of sp³-hybridized carbons (Fsp3) is 0.333. The van der Waals surface area contributed by atoms with E-state index in [1.54, 1.807) is 0 Å². The van der Waals surface area contributed by atoms with Crippen LogP contribution >= 0.6 is 0 Å². The zero-order valence-electron chi connectivity index (χ0n) is 3.88. The van der Waals surface area contributed by atoms with Crippen molar-refractivity contribution in [3.8, 4) is 0 Å².